The number of benzene rings is 1. The van der Waals surface area contributed by atoms with Crippen molar-refractivity contribution in [2.24, 2.45) is 0 Å². The van der Waals surface area contributed by atoms with Crippen LogP contribution in [0.15, 0.2) is 12.1 Å². The van der Waals surface area contributed by atoms with Crippen LogP contribution in [-0.4, -0.2) is 6.54 Å². The van der Waals surface area contributed by atoms with Gasteiger partial charge < -0.3 is 5.32 Å². The van der Waals surface area contributed by atoms with Crippen molar-refractivity contribution in [2.75, 3.05) is 6.54 Å². The Morgan fingerprint density at radius 1 is 1.21 bits per heavy atom. The van der Waals surface area contributed by atoms with Crippen LogP contribution < -0.4 is 5.32 Å². The highest BCUT2D eigenvalue weighted by Crippen LogP contribution is 2.39. The number of piperidine rings is 1. The molecule has 0 bridgehead atoms. The van der Waals surface area contributed by atoms with Crippen LogP contribution in [0.3, 0.4) is 0 Å². The summed E-state index contributed by atoms with van der Waals surface area (Å²) in [6.45, 7) is 0.591. The van der Waals surface area contributed by atoms with E-state index in [-0.39, 0.29) is 23.0 Å². The zero-order valence-corrected chi connectivity index (χ0v) is 11.4. The number of nitrogens with one attached hydrogen (secondary N) is 1. The highest BCUT2D eigenvalue weighted by atomic mass is 35.5. The first-order valence-corrected chi connectivity index (χ1v) is 6.07. The maximum Gasteiger partial charge on any atom is 0.416 e. The lowest BCUT2D eigenvalue weighted by Crippen LogP contribution is -2.29. The highest BCUT2D eigenvalue weighted by molar-refractivity contribution is 6.30. The Labute approximate surface area is 119 Å². The van der Waals surface area contributed by atoms with E-state index in [0.717, 1.165) is 25.0 Å². The largest absolute Gasteiger partial charge is 0.416 e. The van der Waals surface area contributed by atoms with Crippen LogP contribution in [0.4, 0.5) is 17.6 Å². The lowest BCUT2D eigenvalue weighted by Gasteiger charge is -2.27. The van der Waals surface area contributed by atoms with E-state index >= 15 is 0 Å². The van der Waals surface area contributed by atoms with Crippen LogP contribution in [-0.2, 0) is 6.18 Å². The molecular weight excluding hydrogens is 305 g/mol. The van der Waals surface area contributed by atoms with Crippen molar-refractivity contribution >= 4 is 24.0 Å². The summed E-state index contributed by atoms with van der Waals surface area (Å²) in [4.78, 5) is 0. The summed E-state index contributed by atoms with van der Waals surface area (Å²) < 4.78 is 52.5. The number of halogens is 6. The van der Waals surface area contributed by atoms with Gasteiger partial charge in [-0.2, -0.15) is 13.2 Å². The van der Waals surface area contributed by atoms with Gasteiger partial charge in [0.1, 0.15) is 5.82 Å². The molecule has 1 aromatic rings. The van der Waals surface area contributed by atoms with Gasteiger partial charge in [-0.15, -0.1) is 12.4 Å². The third-order valence-corrected chi connectivity index (χ3v) is 3.39. The monoisotopic (exact) mass is 317 g/mol. The lowest BCUT2D eigenvalue weighted by molar-refractivity contribution is -0.138. The maximum atomic E-state index is 13.9. The lowest BCUT2D eigenvalue weighted by atomic mass is 9.93. The van der Waals surface area contributed by atoms with Gasteiger partial charge in [-0.25, -0.2) is 4.39 Å². The van der Waals surface area contributed by atoms with Crippen LogP contribution in [0.5, 0.6) is 0 Å². The Morgan fingerprint density at radius 2 is 1.89 bits per heavy atom. The number of hydrogen-bond donors (Lipinski definition) is 1. The van der Waals surface area contributed by atoms with Crippen LogP contribution in [0.25, 0.3) is 0 Å². The minimum atomic E-state index is -4.57. The topological polar surface area (TPSA) is 12.0 Å². The molecule has 7 heteroatoms. The summed E-state index contributed by atoms with van der Waals surface area (Å²) in [5.41, 5.74) is -1.29. The number of hydrogen-bond acceptors (Lipinski definition) is 1. The number of alkyl halides is 3. The van der Waals surface area contributed by atoms with E-state index in [1.54, 1.807) is 0 Å². The SMILES string of the molecule is Cl.Fc1c(Cl)ccc(C(F)(F)F)c1[C@@H]1CCCCN1. The van der Waals surface area contributed by atoms with Gasteiger partial charge in [-0.05, 0) is 31.5 Å². The molecule has 19 heavy (non-hydrogen) atoms. The summed E-state index contributed by atoms with van der Waals surface area (Å²) in [6.07, 6.45) is -2.42. The molecule has 108 valence electrons. The predicted octanol–water partition coefficient (Wildman–Crippen LogP) is 4.73. The fourth-order valence-corrected chi connectivity index (χ4v) is 2.42. The Kier molecular flexibility index (Phi) is 5.47. The summed E-state index contributed by atoms with van der Waals surface area (Å²) in [7, 11) is 0. The zero-order valence-electron chi connectivity index (χ0n) is 9.86. The molecule has 0 spiro atoms. The van der Waals surface area contributed by atoms with E-state index in [2.05, 4.69) is 5.32 Å². The molecule has 1 nitrogen and oxygen atoms in total. The molecule has 0 radical (unpaired) electrons. The summed E-state index contributed by atoms with van der Waals surface area (Å²) >= 11 is 5.58. The van der Waals surface area contributed by atoms with Crippen molar-refractivity contribution < 1.29 is 17.6 Å². The van der Waals surface area contributed by atoms with Gasteiger partial charge in [0, 0.05) is 11.6 Å². The van der Waals surface area contributed by atoms with Crippen LogP contribution in [0, 0.1) is 5.82 Å². The fraction of sp³-hybridized carbons (Fsp3) is 0.500. The molecule has 0 amide bonds. The number of rotatable bonds is 1. The molecule has 1 heterocycles. The second-order valence-electron chi connectivity index (χ2n) is 4.32. The van der Waals surface area contributed by atoms with Gasteiger partial charge in [0.2, 0.25) is 0 Å². The van der Waals surface area contributed by atoms with Gasteiger partial charge in [0.15, 0.2) is 0 Å². The molecule has 1 aliphatic rings. The first-order valence-electron chi connectivity index (χ1n) is 5.69. The van der Waals surface area contributed by atoms with Crippen molar-refractivity contribution in [3.05, 3.63) is 34.1 Å². The van der Waals surface area contributed by atoms with E-state index in [0.29, 0.717) is 13.0 Å². The molecular formula is C12H13Cl2F4N. The second kappa shape index (κ2) is 6.29. The van der Waals surface area contributed by atoms with Gasteiger partial charge >= 0.3 is 6.18 Å². The van der Waals surface area contributed by atoms with Gasteiger partial charge in [0.25, 0.3) is 0 Å². The first kappa shape index (κ1) is 16.5. The van der Waals surface area contributed by atoms with Crippen molar-refractivity contribution in [2.45, 2.75) is 31.5 Å². The van der Waals surface area contributed by atoms with Crippen LogP contribution in [0.2, 0.25) is 5.02 Å². The van der Waals surface area contributed by atoms with E-state index in [4.69, 9.17) is 11.6 Å². The van der Waals surface area contributed by atoms with E-state index in [1.807, 2.05) is 0 Å². The zero-order chi connectivity index (χ0) is 13.3. The Hall–Kier alpha value is -0.520. The normalized spacial score (nSPS) is 19.9. The van der Waals surface area contributed by atoms with Crippen molar-refractivity contribution in [1.82, 2.24) is 5.32 Å². The molecule has 0 aromatic heterocycles. The molecule has 0 saturated carbocycles. The Bertz CT molecular complexity index is 442. The van der Waals surface area contributed by atoms with Gasteiger partial charge in [-0.3, -0.25) is 0 Å². The van der Waals surface area contributed by atoms with Gasteiger partial charge in [0.05, 0.1) is 10.6 Å². The molecule has 1 atom stereocenters. The van der Waals surface area contributed by atoms with Crippen molar-refractivity contribution in [3.8, 4) is 0 Å². The molecule has 2 rings (SSSR count). The third kappa shape index (κ3) is 3.52. The maximum absolute atomic E-state index is 13.9. The van der Waals surface area contributed by atoms with Crippen molar-refractivity contribution in [3.63, 3.8) is 0 Å². The van der Waals surface area contributed by atoms with Crippen molar-refractivity contribution in [1.29, 1.82) is 0 Å². The average Bonchev–Trinajstić information content (AvgIpc) is 2.32. The standard InChI is InChI=1S/C12H12ClF4N.ClH/c13-8-5-4-7(12(15,16)17)10(11(8)14)9-3-1-2-6-18-9;/h4-5,9,18H,1-3,6H2;1H/t9-;/m0./s1. The molecule has 1 aliphatic heterocycles. The average molecular weight is 318 g/mol. The minimum absolute atomic E-state index is 0. The van der Waals surface area contributed by atoms with Crippen LogP contribution in [0.1, 0.15) is 36.4 Å². The summed E-state index contributed by atoms with van der Waals surface area (Å²) in [6, 6.07) is 1.18. The molecule has 1 N–H and O–H groups in total. The summed E-state index contributed by atoms with van der Waals surface area (Å²) in [5, 5.41) is 2.64. The Balaban J connectivity index is 0.00000180. The quantitative estimate of drug-likeness (QED) is 0.738. The highest BCUT2D eigenvalue weighted by Gasteiger charge is 2.37. The van der Waals surface area contributed by atoms with E-state index in [9.17, 15) is 17.6 Å². The smallest absolute Gasteiger partial charge is 0.310 e. The molecule has 0 unspecified atom stereocenters. The van der Waals surface area contributed by atoms with Crippen LogP contribution >= 0.6 is 24.0 Å². The second-order valence-corrected chi connectivity index (χ2v) is 4.73. The van der Waals surface area contributed by atoms with E-state index in [1.165, 1.54) is 0 Å². The Morgan fingerprint density at radius 3 is 2.42 bits per heavy atom. The minimum Gasteiger partial charge on any atom is -0.310 e. The van der Waals surface area contributed by atoms with Gasteiger partial charge in [-0.1, -0.05) is 18.0 Å². The predicted molar refractivity (Wildman–Crippen MR) is 68.3 cm³/mol. The fourth-order valence-electron chi connectivity index (χ4n) is 2.25. The molecule has 1 aromatic carbocycles. The third-order valence-electron chi connectivity index (χ3n) is 3.10. The van der Waals surface area contributed by atoms with E-state index < -0.39 is 23.6 Å². The molecule has 1 fully saturated rings. The molecule has 1 saturated heterocycles. The first-order chi connectivity index (χ1) is 8.41. The summed E-state index contributed by atoms with van der Waals surface area (Å²) in [5.74, 6) is -0.967. The molecule has 0 aliphatic carbocycles.